The number of hydrogen-bond acceptors (Lipinski definition) is 3. The molecule has 0 aliphatic heterocycles. The van der Waals surface area contributed by atoms with Crippen molar-refractivity contribution in [2.24, 2.45) is 0 Å². The summed E-state index contributed by atoms with van der Waals surface area (Å²) in [6.45, 7) is 4.31. The predicted molar refractivity (Wildman–Crippen MR) is 150 cm³/mol. The first-order valence-electron chi connectivity index (χ1n) is 12.2. The Balaban J connectivity index is 1.57. The second-order valence-corrected chi connectivity index (χ2v) is 9.10. The molecule has 0 aliphatic rings. The molecule has 0 unspecified atom stereocenters. The third-order valence-electron chi connectivity index (χ3n) is 6.55. The highest BCUT2D eigenvalue weighted by Crippen LogP contribution is 2.26. The normalized spacial score (nSPS) is 11.1. The second kappa shape index (κ2) is 9.16. The summed E-state index contributed by atoms with van der Waals surface area (Å²) in [5, 5.41) is 7.07. The lowest BCUT2D eigenvalue weighted by molar-refractivity contribution is -0.538. The van der Waals surface area contributed by atoms with E-state index < -0.39 is 0 Å². The Morgan fingerprint density at radius 1 is 0.500 bits per heavy atom. The van der Waals surface area contributed by atoms with Crippen LogP contribution in [0.5, 0.6) is 0 Å². The van der Waals surface area contributed by atoms with Crippen molar-refractivity contribution in [3.63, 3.8) is 0 Å². The van der Waals surface area contributed by atoms with E-state index in [1.165, 1.54) is 11.1 Å². The largest absolute Gasteiger partial charge is 0.355 e. The van der Waals surface area contributed by atoms with Crippen LogP contribution in [0.2, 0.25) is 0 Å². The van der Waals surface area contributed by atoms with E-state index in [1.54, 1.807) is 0 Å². The number of para-hydroxylation sites is 2. The fourth-order valence-electron chi connectivity index (χ4n) is 4.53. The lowest BCUT2D eigenvalue weighted by Crippen LogP contribution is -2.33. The van der Waals surface area contributed by atoms with E-state index >= 15 is 0 Å². The van der Waals surface area contributed by atoms with Gasteiger partial charge in [-0.05, 0) is 73.5 Å². The standard InChI is InChI=1S/C32H26N4/c1-22-13-16-28(19-23(22)2)36-31-20-26(33-24-9-5-3-6-10-24)14-17-29(31)35-30-18-15-27(21-32(30)36)34-25-11-7-4-8-12-25/h3-21H,1-2H3,(H,33,34)/p+1. The van der Waals surface area contributed by atoms with E-state index in [9.17, 15) is 0 Å². The van der Waals surface area contributed by atoms with E-state index in [4.69, 9.17) is 4.98 Å². The summed E-state index contributed by atoms with van der Waals surface area (Å²) >= 11 is 0. The molecule has 0 saturated carbocycles. The molecule has 4 heteroatoms. The van der Waals surface area contributed by atoms with Crippen molar-refractivity contribution in [2.45, 2.75) is 13.8 Å². The zero-order chi connectivity index (χ0) is 24.5. The van der Waals surface area contributed by atoms with Gasteiger partial charge in [0.1, 0.15) is 11.0 Å². The summed E-state index contributed by atoms with van der Waals surface area (Å²) in [6, 6.07) is 39.8. The molecule has 5 aromatic carbocycles. The van der Waals surface area contributed by atoms with Crippen molar-refractivity contribution in [1.29, 1.82) is 0 Å². The minimum absolute atomic E-state index is 0.947. The van der Waals surface area contributed by atoms with E-state index in [0.717, 1.165) is 50.5 Å². The molecule has 0 bridgehead atoms. The van der Waals surface area contributed by atoms with E-state index in [2.05, 4.69) is 108 Å². The highest BCUT2D eigenvalue weighted by molar-refractivity contribution is 5.87. The van der Waals surface area contributed by atoms with Crippen molar-refractivity contribution in [3.8, 4) is 5.69 Å². The number of benzene rings is 5. The first-order chi connectivity index (χ1) is 17.6. The summed E-state index contributed by atoms with van der Waals surface area (Å²) in [5.41, 5.74) is 11.8. The van der Waals surface area contributed by atoms with Gasteiger partial charge in [-0.15, -0.1) is 4.57 Å². The van der Waals surface area contributed by atoms with Gasteiger partial charge in [0.2, 0.25) is 16.7 Å². The Kier molecular flexibility index (Phi) is 5.55. The number of fused-ring (bicyclic) bond motifs is 2. The van der Waals surface area contributed by atoms with Gasteiger partial charge in [0.25, 0.3) is 0 Å². The zero-order valence-electron chi connectivity index (χ0n) is 20.4. The van der Waals surface area contributed by atoms with Crippen molar-refractivity contribution in [1.82, 2.24) is 4.98 Å². The van der Waals surface area contributed by atoms with Crippen molar-refractivity contribution in [3.05, 3.63) is 126 Å². The van der Waals surface area contributed by atoms with Gasteiger partial charge in [-0.1, -0.05) is 42.5 Å². The predicted octanol–water partition coefficient (Wildman–Crippen LogP) is 7.77. The topological polar surface area (TPSA) is 40.8 Å². The summed E-state index contributed by atoms with van der Waals surface area (Å²) in [6.07, 6.45) is 0. The Morgan fingerprint density at radius 3 is 1.53 bits per heavy atom. The van der Waals surface area contributed by atoms with Crippen LogP contribution < -0.4 is 15.2 Å². The van der Waals surface area contributed by atoms with Crippen molar-refractivity contribution < 1.29 is 4.57 Å². The molecule has 0 aliphatic carbocycles. The number of rotatable bonds is 5. The summed E-state index contributed by atoms with van der Waals surface area (Å²) < 4.78 is 2.32. The summed E-state index contributed by atoms with van der Waals surface area (Å²) in [7, 11) is 0. The third kappa shape index (κ3) is 4.25. The number of anilines is 4. The van der Waals surface area contributed by atoms with Crippen LogP contribution in [0.25, 0.3) is 27.8 Å². The Bertz CT molecular complexity index is 1590. The molecule has 6 aromatic rings. The van der Waals surface area contributed by atoms with Gasteiger partial charge in [0, 0.05) is 47.0 Å². The SMILES string of the molecule is Cc1ccc(-[n+]2c3cc(Nc4ccccc4)ccc3nc3ccc(Nc4ccccc4)cc32)cc1C. The molecule has 36 heavy (non-hydrogen) atoms. The lowest BCUT2D eigenvalue weighted by Gasteiger charge is -2.11. The fraction of sp³-hybridized carbons (Fsp3) is 0.0625. The Labute approximate surface area is 210 Å². The van der Waals surface area contributed by atoms with Crippen LogP contribution in [0, 0.1) is 13.8 Å². The van der Waals surface area contributed by atoms with Crippen LogP contribution in [0.1, 0.15) is 11.1 Å². The van der Waals surface area contributed by atoms with E-state index in [0.29, 0.717) is 0 Å². The van der Waals surface area contributed by atoms with Crippen molar-refractivity contribution in [2.75, 3.05) is 10.6 Å². The van der Waals surface area contributed by atoms with Crippen LogP contribution in [0.3, 0.4) is 0 Å². The molecular weight excluding hydrogens is 440 g/mol. The molecule has 0 atom stereocenters. The van der Waals surface area contributed by atoms with Gasteiger partial charge in [-0.25, -0.2) is 4.98 Å². The van der Waals surface area contributed by atoms with Crippen molar-refractivity contribution >= 4 is 44.8 Å². The molecule has 2 N–H and O–H groups in total. The number of hydrogen-bond donors (Lipinski definition) is 2. The smallest absolute Gasteiger partial charge is 0.239 e. The highest BCUT2D eigenvalue weighted by Gasteiger charge is 2.21. The molecule has 6 rings (SSSR count). The maximum Gasteiger partial charge on any atom is 0.239 e. The summed E-state index contributed by atoms with van der Waals surface area (Å²) in [5.74, 6) is 0. The minimum Gasteiger partial charge on any atom is -0.355 e. The fourth-order valence-corrected chi connectivity index (χ4v) is 4.53. The molecule has 0 saturated heterocycles. The first kappa shape index (κ1) is 21.8. The van der Waals surface area contributed by atoms with Gasteiger partial charge >= 0.3 is 0 Å². The Morgan fingerprint density at radius 2 is 1.03 bits per heavy atom. The minimum atomic E-state index is 0.947. The number of nitrogens with zero attached hydrogens (tertiary/aromatic N) is 2. The zero-order valence-corrected chi connectivity index (χ0v) is 20.4. The summed E-state index contributed by atoms with van der Waals surface area (Å²) in [4.78, 5) is 5.02. The molecule has 0 amide bonds. The average Bonchev–Trinajstić information content (AvgIpc) is 2.90. The van der Waals surface area contributed by atoms with Gasteiger partial charge in [-0.3, -0.25) is 0 Å². The number of nitrogens with one attached hydrogen (secondary N) is 2. The van der Waals surface area contributed by atoms with Gasteiger partial charge in [0.05, 0.1) is 0 Å². The first-order valence-corrected chi connectivity index (χ1v) is 12.2. The van der Waals surface area contributed by atoms with Gasteiger partial charge in [0.15, 0.2) is 0 Å². The number of aryl methyl sites for hydroxylation is 2. The van der Waals surface area contributed by atoms with E-state index in [1.807, 2.05) is 36.4 Å². The average molecular weight is 468 g/mol. The van der Waals surface area contributed by atoms with Crippen LogP contribution in [0.15, 0.2) is 115 Å². The quantitative estimate of drug-likeness (QED) is 0.201. The van der Waals surface area contributed by atoms with E-state index in [-0.39, 0.29) is 0 Å². The lowest BCUT2D eigenvalue weighted by atomic mass is 10.1. The maximum atomic E-state index is 5.02. The highest BCUT2D eigenvalue weighted by atomic mass is 15.0. The second-order valence-electron chi connectivity index (χ2n) is 9.10. The third-order valence-corrected chi connectivity index (χ3v) is 6.55. The molecule has 4 nitrogen and oxygen atoms in total. The monoisotopic (exact) mass is 467 g/mol. The molecule has 1 heterocycles. The molecule has 0 spiro atoms. The molecule has 0 fully saturated rings. The van der Waals surface area contributed by atoms with Gasteiger partial charge in [-0.2, -0.15) is 0 Å². The Hall–Kier alpha value is -4.70. The number of aromatic nitrogens is 2. The van der Waals surface area contributed by atoms with Crippen LogP contribution in [-0.4, -0.2) is 4.98 Å². The molecular formula is C32H27N4+. The molecule has 174 valence electrons. The van der Waals surface area contributed by atoms with Gasteiger partial charge < -0.3 is 10.6 Å². The molecule has 0 radical (unpaired) electrons. The van der Waals surface area contributed by atoms with Crippen LogP contribution >= 0.6 is 0 Å². The maximum absolute atomic E-state index is 5.02. The van der Waals surface area contributed by atoms with Crippen LogP contribution in [-0.2, 0) is 0 Å². The van der Waals surface area contributed by atoms with Crippen LogP contribution in [0.4, 0.5) is 22.7 Å². The molecule has 1 aromatic heterocycles.